The van der Waals surface area contributed by atoms with Crippen molar-refractivity contribution in [3.8, 4) is 0 Å². The molecule has 0 radical (unpaired) electrons. The van der Waals surface area contributed by atoms with Crippen LogP contribution in [0.25, 0.3) is 0 Å². The summed E-state index contributed by atoms with van der Waals surface area (Å²) in [6, 6.07) is 0. The van der Waals surface area contributed by atoms with E-state index in [1.807, 2.05) is 11.7 Å². The van der Waals surface area contributed by atoms with E-state index < -0.39 is 0 Å². The van der Waals surface area contributed by atoms with Crippen molar-refractivity contribution < 1.29 is 0 Å². The van der Waals surface area contributed by atoms with E-state index in [0.717, 1.165) is 25.3 Å². The van der Waals surface area contributed by atoms with E-state index >= 15 is 0 Å². The number of aromatic nitrogens is 3. The Morgan fingerprint density at radius 2 is 2.36 bits per heavy atom. The first kappa shape index (κ1) is 11.2. The van der Waals surface area contributed by atoms with Gasteiger partial charge in [-0.25, -0.2) is 4.98 Å². The van der Waals surface area contributed by atoms with Gasteiger partial charge in [0.15, 0.2) is 0 Å². The number of nitrogens with one attached hydrogen (secondary N) is 1. The molecule has 1 aromatic rings. The number of hydrogen-bond acceptors (Lipinski definition) is 3. The van der Waals surface area contributed by atoms with Gasteiger partial charge in [-0.3, -0.25) is 4.68 Å². The summed E-state index contributed by atoms with van der Waals surface area (Å²) in [6.07, 6.45) is 3.80. The van der Waals surface area contributed by atoms with Crippen LogP contribution in [0.2, 0.25) is 0 Å². The third kappa shape index (κ3) is 3.46. The summed E-state index contributed by atoms with van der Waals surface area (Å²) in [5.41, 5.74) is 0. The predicted octanol–water partition coefficient (Wildman–Crippen LogP) is 0.993. The second kappa shape index (κ2) is 5.75. The third-order valence-corrected chi connectivity index (χ3v) is 2.26. The fraction of sp³-hybridized carbons (Fsp3) is 0.800. The standard InChI is InChI=1S/C10H20N4/c1-4-5-11-7-9(2)6-10-12-8-13-14(10)3/h8-9,11H,4-7H2,1-3H3. The zero-order valence-electron chi connectivity index (χ0n) is 9.32. The van der Waals surface area contributed by atoms with Crippen LogP contribution < -0.4 is 5.32 Å². The lowest BCUT2D eigenvalue weighted by Gasteiger charge is -2.11. The number of hydrogen-bond donors (Lipinski definition) is 1. The summed E-state index contributed by atoms with van der Waals surface area (Å²) in [5, 5.41) is 7.46. The highest BCUT2D eigenvalue weighted by Crippen LogP contribution is 2.03. The summed E-state index contributed by atoms with van der Waals surface area (Å²) < 4.78 is 1.84. The van der Waals surface area contributed by atoms with E-state index in [1.54, 1.807) is 6.33 Å². The van der Waals surface area contributed by atoms with Crippen molar-refractivity contribution in [3.63, 3.8) is 0 Å². The van der Waals surface area contributed by atoms with Crippen LogP contribution in [0.5, 0.6) is 0 Å². The SMILES string of the molecule is CCCNCC(C)Cc1ncnn1C. The van der Waals surface area contributed by atoms with Crippen LogP contribution >= 0.6 is 0 Å². The van der Waals surface area contributed by atoms with E-state index in [0.29, 0.717) is 5.92 Å². The fourth-order valence-electron chi connectivity index (χ4n) is 1.41. The van der Waals surface area contributed by atoms with Crippen molar-refractivity contribution in [1.29, 1.82) is 0 Å². The van der Waals surface area contributed by atoms with E-state index in [2.05, 4.69) is 29.2 Å². The zero-order valence-corrected chi connectivity index (χ0v) is 9.32. The summed E-state index contributed by atoms with van der Waals surface area (Å²) in [6.45, 7) is 6.57. The molecule has 1 heterocycles. The Kier molecular flexibility index (Phi) is 4.59. The lowest BCUT2D eigenvalue weighted by Crippen LogP contribution is -2.23. The molecule has 0 bridgehead atoms. The Bertz CT molecular complexity index is 256. The van der Waals surface area contributed by atoms with Crippen LogP contribution in [0.4, 0.5) is 0 Å². The number of nitrogens with zero attached hydrogens (tertiary/aromatic N) is 3. The summed E-state index contributed by atoms with van der Waals surface area (Å²) >= 11 is 0. The Labute approximate surface area is 85.7 Å². The maximum Gasteiger partial charge on any atom is 0.138 e. The highest BCUT2D eigenvalue weighted by atomic mass is 15.3. The van der Waals surface area contributed by atoms with Crippen molar-refractivity contribution in [2.45, 2.75) is 26.7 Å². The molecule has 0 saturated carbocycles. The Morgan fingerprint density at radius 3 is 2.93 bits per heavy atom. The first-order valence-electron chi connectivity index (χ1n) is 5.27. The first-order valence-corrected chi connectivity index (χ1v) is 5.27. The molecular weight excluding hydrogens is 176 g/mol. The van der Waals surface area contributed by atoms with Gasteiger partial charge in [-0.05, 0) is 25.4 Å². The van der Waals surface area contributed by atoms with Gasteiger partial charge in [0.2, 0.25) is 0 Å². The van der Waals surface area contributed by atoms with Crippen LogP contribution in [0.1, 0.15) is 26.1 Å². The zero-order chi connectivity index (χ0) is 10.4. The quantitative estimate of drug-likeness (QED) is 0.690. The number of rotatable bonds is 6. The van der Waals surface area contributed by atoms with Gasteiger partial charge in [0, 0.05) is 13.5 Å². The van der Waals surface area contributed by atoms with Crippen LogP contribution in [-0.2, 0) is 13.5 Å². The van der Waals surface area contributed by atoms with Gasteiger partial charge in [0.1, 0.15) is 12.2 Å². The topological polar surface area (TPSA) is 42.7 Å². The van der Waals surface area contributed by atoms with E-state index in [9.17, 15) is 0 Å². The lowest BCUT2D eigenvalue weighted by atomic mass is 10.1. The lowest BCUT2D eigenvalue weighted by molar-refractivity contribution is 0.490. The van der Waals surface area contributed by atoms with Gasteiger partial charge in [-0.1, -0.05) is 13.8 Å². The predicted molar refractivity (Wildman–Crippen MR) is 57.0 cm³/mol. The fourth-order valence-corrected chi connectivity index (χ4v) is 1.41. The monoisotopic (exact) mass is 196 g/mol. The smallest absolute Gasteiger partial charge is 0.138 e. The van der Waals surface area contributed by atoms with E-state index in [4.69, 9.17) is 0 Å². The third-order valence-electron chi connectivity index (χ3n) is 2.26. The van der Waals surface area contributed by atoms with Crippen LogP contribution in [0, 0.1) is 5.92 Å². The Hall–Kier alpha value is -0.900. The highest BCUT2D eigenvalue weighted by Gasteiger charge is 2.06. The molecule has 14 heavy (non-hydrogen) atoms. The first-order chi connectivity index (χ1) is 6.74. The molecule has 0 saturated heterocycles. The minimum absolute atomic E-state index is 0.615. The molecule has 0 fully saturated rings. The molecule has 0 amide bonds. The van der Waals surface area contributed by atoms with Crippen LogP contribution in [0.3, 0.4) is 0 Å². The van der Waals surface area contributed by atoms with Gasteiger partial charge >= 0.3 is 0 Å². The molecule has 1 N–H and O–H groups in total. The second-order valence-electron chi connectivity index (χ2n) is 3.81. The van der Waals surface area contributed by atoms with E-state index in [1.165, 1.54) is 6.42 Å². The van der Waals surface area contributed by atoms with Gasteiger partial charge < -0.3 is 5.32 Å². The maximum atomic E-state index is 4.21. The molecule has 1 unspecified atom stereocenters. The molecule has 4 heteroatoms. The summed E-state index contributed by atoms with van der Waals surface area (Å²) in [4.78, 5) is 4.21. The van der Waals surface area contributed by atoms with Gasteiger partial charge in [0.05, 0.1) is 0 Å². The molecular formula is C10H20N4. The molecule has 1 rings (SSSR count). The number of aryl methyl sites for hydroxylation is 1. The molecule has 0 aliphatic carbocycles. The van der Waals surface area contributed by atoms with Gasteiger partial charge in [-0.15, -0.1) is 0 Å². The van der Waals surface area contributed by atoms with Crippen molar-refractivity contribution in [3.05, 3.63) is 12.2 Å². The summed E-state index contributed by atoms with van der Waals surface area (Å²) in [5.74, 6) is 1.68. The molecule has 0 aromatic carbocycles. The van der Waals surface area contributed by atoms with Crippen molar-refractivity contribution in [2.75, 3.05) is 13.1 Å². The van der Waals surface area contributed by atoms with Crippen molar-refractivity contribution in [2.24, 2.45) is 13.0 Å². The van der Waals surface area contributed by atoms with Gasteiger partial charge in [-0.2, -0.15) is 5.10 Å². The Balaban J connectivity index is 2.27. The normalized spacial score (nSPS) is 13.1. The average Bonchev–Trinajstić information content (AvgIpc) is 2.52. The molecule has 0 aliphatic rings. The molecule has 0 aliphatic heterocycles. The molecule has 1 atom stereocenters. The molecule has 0 spiro atoms. The highest BCUT2D eigenvalue weighted by molar-refractivity contribution is 4.85. The minimum atomic E-state index is 0.615. The maximum absolute atomic E-state index is 4.21. The summed E-state index contributed by atoms with van der Waals surface area (Å²) in [7, 11) is 1.94. The van der Waals surface area contributed by atoms with Crippen molar-refractivity contribution in [1.82, 2.24) is 20.1 Å². The van der Waals surface area contributed by atoms with Crippen LogP contribution in [-0.4, -0.2) is 27.9 Å². The Morgan fingerprint density at radius 1 is 1.57 bits per heavy atom. The second-order valence-corrected chi connectivity index (χ2v) is 3.81. The van der Waals surface area contributed by atoms with Gasteiger partial charge in [0.25, 0.3) is 0 Å². The van der Waals surface area contributed by atoms with Crippen LogP contribution in [0.15, 0.2) is 6.33 Å². The molecule has 4 nitrogen and oxygen atoms in total. The largest absolute Gasteiger partial charge is 0.316 e. The molecule has 80 valence electrons. The van der Waals surface area contributed by atoms with Crippen molar-refractivity contribution >= 4 is 0 Å². The minimum Gasteiger partial charge on any atom is -0.316 e. The van der Waals surface area contributed by atoms with E-state index in [-0.39, 0.29) is 0 Å². The molecule has 1 aromatic heterocycles. The average molecular weight is 196 g/mol.